The van der Waals surface area contributed by atoms with Gasteiger partial charge in [0.05, 0.1) is 12.9 Å². The molecule has 0 bridgehead atoms. The van der Waals surface area contributed by atoms with E-state index >= 15 is 0 Å². The van der Waals surface area contributed by atoms with Crippen LogP contribution in [0.5, 0.6) is 5.75 Å². The van der Waals surface area contributed by atoms with Crippen LogP contribution in [-0.2, 0) is 21.9 Å². The van der Waals surface area contributed by atoms with Crippen molar-refractivity contribution in [2.24, 2.45) is 0 Å². The zero-order chi connectivity index (χ0) is 18.5. The van der Waals surface area contributed by atoms with Crippen LogP contribution in [0.3, 0.4) is 0 Å². The molecule has 1 aliphatic rings. The predicted octanol–water partition coefficient (Wildman–Crippen LogP) is 4.12. The van der Waals surface area contributed by atoms with Gasteiger partial charge in [0.25, 0.3) is 0 Å². The van der Waals surface area contributed by atoms with Crippen LogP contribution < -0.4 is 9.46 Å². The van der Waals surface area contributed by atoms with E-state index in [2.05, 4.69) is 22.2 Å². The van der Waals surface area contributed by atoms with Gasteiger partial charge in [0.1, 0.15) is 5.75 Å². The standard InChI is InChI=1S/C20H27NO3S2/c1-24-18-9-7-17(8-10-18)11-15-26(22,23)21-16-20(12-3-2-4-13-20)19-6-5-14-25-19/h5-10,14,21H,2-4,11-13,15-16H2,1H3. The molecule has 0 atom stereocenters. The Hall–Kier alpha value is -1.37. The van der Waals surface area contributed by atoms with Crippen molar-refractivity contribution in [3.8, 4) is 5.75 Å². The Labute approximate surface area is 160 Å². The Morgan fingerprint density at radius 1 is 1.12 bits per heavy atom. The molecule has 0 amide bonds. The monoisotopic (exact) mass is 393 g/mol. The molecule has 1 aromatic heterocycles. The third kappa shape index (κ3) is 4.87. The first kappa shape index (κ1) is 19.4. The highest BCUT2D eigenvalue weighted by atomic mass is 32.2. The lowest BCUT2D eigenvalue weighted by atomic mass is 9.73. The van der Waals surface area contributed by atoms with Crippen molar-refractivity contribution in [2.75, 3.05) is 19.4 Å². The summed E-state index contributed by atoms with van der Waals surface area (Å²) in [6.07, 6.45) is 6.22. The number of hydrogen-bond donors (Lipinski definition) is 1. The molecule has 142 valence electrons. The van der Waals surface area contributed by atoms with Crippen LogP contribution in [0.25, 0.3) is 0 Å². The van der Waals surface area contributed by atoms with Crippen molar-refractivity contribution >= 4 is 21.4 Å². The van der Waals surface area contributed by atoms with Crippen molar-refractivity contribution in [3.05, 3.63) is 52.2 Å². The van der Waals surface area contributed by atoms with E-state index in [4.69, 9.17) is 4.74 Å². The van der Waals surface area contributed by atoms with E-state index < -0.39 is 10.0 Å². The fourth-order valence-corrected chi connectivity index (χ4v) is 5.82. The van der Waals surface area contributed by atoms with E-state index in [0.29, 0.717) is 13.0 Å². The molecule has 1 aromatic carbocycles. The molecule has 1 saturated carbocycles. The molecule has 1 aliphatic carbocycles. The highest BCUT2D eigenvalue weighted by Gasteiger charge is 2.35. The van der Waals surface area contributed by atoms with Gasteiger partial charge in [-0.1, -0.05) is 37.5 Å². The molecule has 1 heterocycles. The normalized spacial score (nSPS) is 17.1. The van der Waals surface area contributed by atoms with Crippen LogP contribution in [-0.4, -0.2) is 27.8 Å². The van der Waals surface area contributed by atoms with Crippen molar-refractivity contribution < 1.29 is 13.2 Å². The van der Waals surface area contributed by atoms with Gasteiger partial charge in [-0.05, 0) is 48.4 Å². The first-order valence-electron chi connectivity index (χ1n) is 9.17. The Morgan fingerprint density at radius 3 is 2.46 bits per heavy atom. The van der Waals surface area contributed by atoms with Gasteiger partial charge in [-0.15, -0.1) is 11.3 Å². The second-order valence-electron chi connectivity index (χ2n) is 7.06. The summed E-state index contributed by atoms with van der Waals surface area (Å²) in [6.45, 7) is 0.512. The third-order valence-electron chi connectivity index (χ3n) is 5.30. The van der Waals surface area contributed by atoms with Crippen LogP contribution in [0.4, 0.5) is 0 Å². The summed E-state index contributed by atoms with van der Waals surface area (Å²) in [6, 6.07) is 11.8. The molecule has 2 aromatic rings. The molecule has 1 N–H and O–H groups in total. The van der Waals surface area contributed by atoms with Crippen LogP contribution in [0.15, 0.2) is 41.8 Å². The second-order valence-corrected chi connectivity index (χ2v) is 9.93. The van der Waals surface area contributed by atoms with Gasteiger partial charge in [-0.3, -0.25) is 0 Å². The van der Waals surface area contributed by atoms with Crippen LogP contribution in [0.2, 0.25) is 0 Å². The average Bonchev–Trinajstić information content (AvgIpc) is 3.22. The van der Waals surface area contributed by atoms with E-state index in [-0.39, 0.29) is 11.2 Å². The first-order chi connectivity index (χ1) is 12.5. The Bertz CT molecular complexity index is 777. The summed E-state index contributed by atoms with van der Waals surface area (Å²) in [5.41, 5.74) is 0.974. The second kappa shape index (κ2) is 8.55. The van der Waals surface area contributed by atoms with Gasteiger partial charge >= 0.3 is 0 Å². The maximum atomic E-state index is 12.5. The molecule has 0 saturated heterocycles. The van der Waals surface area contributed by atoms with Gasteiger partial charge in [-0.2, -0.15) is 0 Å². The quantitative estimate of drug-likeness (QED) is 0.734. The fourth-order valence-electron chi connectivity index (χ4n) is 3.68. The van der Waals surface area contributed by atoms with Gasteiger partial charge < -0.3 is 4.74 Å². The summed E-state index contributed by atoms with van der Waals surface area (Å²) in [5.74, 6) is 0.893. The molecule has 0 spiro atoms. The van der Waals surface area contributed by atoms with E-state index in [1.165, 1.54) is 24.1 Å². The number of benzene rings is 1. The van der Waals surface area contributed by atoms with Gasteiger partial charge in [-0.25, -0.2) is 13.1 Å². The lowest BCUT2D eigenvalue weighted by Gasteiger charge is -2.36. The zero-order valence-electron chi connectivity index (χ0n) is 15.2. The molecule has 1 fully saturated rings. The lowest BCUT2D eigenvalue weighted by molar-refractivity contribution is 0.298. The van der Waals surface area contributed by atoms with E-state index in [1.807, 2.05) is 24.3 Å². The number of nitrogens with one attached hydrogen (secondary N) is 1. The summed E-state index contributed by atoms with van der Waals surface area (Å²) in [7, 11) is -1.68. The van der Waals surface area contributed by atoms with E-state index in [1.54, 1.807) is 18.4 Å². The molecule has 4 nitrogen and oxygen atoms in total. The minimum atomic E-state index is -3.30. The van der Waals surface area contributed by atoms with Crippen molar-refractivity contribution in [1.82, 2.24) is 4.72 Å². The summed E-state index contributed by atoms with van der Waals surface area (Å²) >= 11 is 1.75. The summed E-state index contributed by atoms with van der Waals surface area (Å²) in [5, 5.41) is 2.09. The molecular formula is C20H27NO3S2. The van der Waals surface area contributed by atoms with Crippen molar-refractivity contribution in [3.63, 3.8) is 0 Å². The molecule has 0 radical (unpaired) electrons. The van der Waals surface area contributed by atoms with Crippen LogP contribution in [0.1, 0.15) is 42.5 Å². The highest BCUT2D eigenvalue weighted by molar-refractivity contribution is 7.89. The van der Waals surface area contributed by atoms with Gasteiger partial charge in [0, 0.05) is 16.8 Å². The number of ether oxygens (including phenoxy) is 1. The zero-order valence-corrected chi connectivity index (χ0v) is 16.9. The molecule has 0 unspecified atom stereocenters. The molecule has 3 rings (SSSR count). The minimum absolute atomic E-state index is 0.0282. The SMILES string of the molecule is COc1ccc(CCS(=O)(=O)NCC2(c3cccs3)CCCCC2)cc1. The highest BCUT2D eigenvalue weighted by Crippen LogP contribution is 2.41. The van der Waals surface area contributed by atoms with Gasteiger partial charge in [0.15, 0.2) is 0 Å². The molecule has 0 aliphatic heterocycles. The predicted molar refractivity (Wildman–Crippen MR) is 108 cm³/mol. The third-order valence-corrected chi connectivity index (χ3v) is 7.75. The van der Waals surface area contributed by atoms with Crippen molar-refractivity contribution in [2.45, 2.75) is 43.9 Å². The molecular weight excluding hydrogens is 366 g/mol. The number of aryl methyl sites for hydroxylation is 1. The Balaban J connectivity index is 1.60. The maximum absolute atomic E-state index is 12.5. The number of hydrogen-bond acceptors (Lipinski definition) is 4. The topological polar surface area (TPSA) is 55.4 Å². The Morgan fingerprint density at radius 2 is 1.85 bits per heavy atom. The van der Waals surface area contributed by atoms with Crippen LogP contribution in [0, 0.1) is 0 Å². The van der Waals surface area contributed by atoms with E-state index in [0.717, 1.165) is 24.2 Å². The average molecular weight is 394 g/mol. The van der Waals surface area contributed by atoms with E-state index in [9.17, 15) is 8.42 Å². The van der Waals surface area contributed by atoms with Gasteiger partial charge in [0.2, 0.25) is 10.0 Å². The maximum Gasteiger partial charge on any atom is 0.211 e. The summed E-state index contributed by atoms with van der Waals surface area (Å²) < 4.78 is 33.1. The molecule has 26 heavy (non-hydrogen) atoms. The summed E-state index contributed by atoms with van der Waals surface area (Å²) in [4.78, 5) is 1.31. The molecule has 6 heteroatoms. The lowest BCUT2D eigenvalue weighted by Crippen LogP contribution is -2.42. The van der Waals surface area contributed by atoms with Crippen molar-refractivity contribution in [1.29, 1.82) is 0 Å². The smallest absolute Gasteiger partial charge is 0.211 e. The van der Waals surface area contributed by atoms with Crippen LogP contribution >= 0.6 is 11.3 Å². The Kier molecular flexibility index (Phi) is 6.37. The number of sulfonamides is 1. The minimum Gasteiger partial charge on any atom is -0.497 e. The first-order valence-corrected chi connectivity index (χ1v) is 11.7. The number of methoxy groups -OCH3 is 1. The number of thiophene rings is 1. The fraction of sp³-hybridized carbons (Fsp3) is 0.500. The largest absolute Gasteiger partial charge is 0.497 e. The number of rotatable bonds is 8.